The topological polar surface area (TPSA) is 117 Å². The van der Waals surface area contributed by atoms with Crippen LogP contribution in [0, 0.1) is 6.92 Å². The second-order valence-corrected chi connectivity index (χ2v) is 8.05. The van der Waals surface area contributed by atoms with Gasteiger partial charge in [0.1, 0.15) is 24.4 Å². The van der Waals surface area contributed by atoms with Crippen molar-refractivity contribution in [2.24, 2.45) is 16.6 Å². The zero-order valence-corrected chi connectivity index (χ0v) is 22.1. The van der Waals surface area contributed by atoms with Gasteiger partial charge in [0.2, 0.25) is 0 Å². The molecule has 190 valence electrons. The Morgan fingerprint density at radius 3 is 2.54 bits per heavy atom. The highest BCUT2D eigenvalue weighted by molar-refractivity contribution is 7.95. The van der Waals surface area contributed by atoms with E-state index in [-0.39, 0.29) is 0 Å². The minimum atomic E-state index is 0.456. The van der Waals surface area contributed by atoms with E-state index in [2.05, 4.69) is 33.8 Å². The Morgan fingerprint density at radius 1 is 1.09 bits per heavy atom. The standard InChI is InChI=1S/C17H20N2O3S2.C7H10N2.CH5N/c1-13-9-14(20-7-4-8-21-19-12-18)11-15(10-13)22-24-17-6-3-2-5-16(17)23;1-8-5-7-3-2-4-9-6-7;1-2/h2-3,5-6,9-12,23H,4,7-8H2,1H3,(H2,18,19);2-4,6,8H,5H2,1H3;2H2,1H3. The third-order valence-electron chi connectivity index (χ3n) is 4.01. The Bertz CT molecular complexity index is 978. The number of aryl methyl sites for hydroxylation is 1. The molecule has 0 bridgehead atoms. The highest BCUT2D eigenvalue weighted by atomic mass is 32.2. The maximum Gasteiger partial charge on any atom is 0.141 e. The molecule has 0 fully saturated rings. The maximum atomic E-state index is 5.78. The lowest BCUT2D eigenvalue weighted by Crippen LogP contribution is -2.04. The monoisotopic (exact) mass is 517 g/mol. The summed E-state index contributed by atoms with van der Waals surface area (Å²) in [5, 5.41) is 6.52. The number of nitrogens with zero attached hydrogens (tertiary/aromatic N) is 2. The van der Waals surface area contributed by atoms with Gasteiger partial charge < -0.3 is 30.5 Å². The van der Waals surface area contributed by atoms with Crippen LogP contribution in [-0.4, -0.2) is 38.6 Å². The number of aromatic nitrogens is 1. The predicted molar refractivity (Wildman–Crippen MR) is 147 cm³/mol. The summed E-state index contributed by atoms with van der Waals surface area (Å²) < 4.78 is 11.5. The van der Waals surface area contributed by atoms with Gasteiger partial charge in [-0.1, -0.05) is 23.4 Å². The molecular formula is C25H35N5O3S2. The van der Waals surface area contributed by atoms with Crippen LogP contribution in [0.25, 0.3) is 0 Å². The summed E-state index contributed by atoms with van der Waals surface area (Å²) in [5.41, 5.74) is 11.9. The summed E-state index contributed by atoms with van der Waals surface area (Å²) in [7, 11) is 3.42. The van der Waals surface area contributed by atoms with Gasteiger partial charge >= 0.3 is 0 Å². The molecule has 3 aromatic rings. The van der Waals surface area contributed by atoms with Crippen LogP contribution in [0.3, 0.4) is 0 Å². The smallest absolute Gasteiger partial charge is 0.141 e. The highest BCUT2D eigenvalue weighted by Crippen LogP contribution is 2.31. The van der Waals surface area contributed by atoms with Crippen LogP contribution in [0.2, 0.25) is 0 Å². The number of nitrogens with one attached hydrogen (secondary N) is 1. The SMILES string of the molecule is CN.CNCc1cccnc1.Cc1cc(OCCCON=CN)cc(OSc2ccccc2S)c1. The van der Waals surface area contributed by atoms with E-state index in [1.54, 1.807) is 6.20 Å². The fourth-order valence-electron chi connectivity index (χ4n) is 2.58. The van der Waals surface area contributed by atoms with Gasteiger partial charge in [-0.3, -0.25) is 4.98 Å². The van der Waals surface area contributed by atoms with Crippen molar-refractivity contribution in [3.8, 4) is 11.5 Å². The van der Waals surface area contributed by atoms with Crippen molar-refractivity contribution in [3.05, 3.63) is 78.1 Å². The summed E-state index contributed by atoms with van der Waals surface area (Å²) in [6, 6.07) is 17.5. The molecule has 0 spiro atoms. The fraction of sp³-hybridized carbons (Fsp3) is 0.280. The Morgan fingerprint density at radius 2 is 1.86 bits per heavy atom. The molecule has 1 aromatic heterocycles. The van der Waals surface area contributed by atoms with E-state index in [0.717, 1.165) is 39.7 Å². The maximum absolute atomic E-state index is 5.78. The van der Waals surface area contributed by atoms with E-state index in [0.29, 0.717) is 19.6 Å². The molecular weight excluding hydrogens is 482 g/mol. The zero-order valence-electron chi connectivity index (χ0n) is 20.4. The molecule has 0 unspecified atom stereocenters. The molecule has 3 rings (SSSR count). The van der Waals surface area contributed by atoms with Gasteiger partial charge in [0.15, 0.2) is 0 Å². The first-order valence-electron chi connectivity index (χ1n) is 11.0. The number of oxime groups is 1. The number of hydrogen-bond acceptors (Lipinski definition) is 9. The van der Waals surface area contributed by atoms with Crippen molar-refractivity contribution in [2.75, 3.05) is 27.3 Å². The number of hydrogen-bond donors (Lipinski definition) is 4. The third-order valence-corrected chi connectivity index (χ3v) is 5.36. The van der Waals surface area contributed by atoms with Crippen LogP contribution in [0.1, 0.15) is 17.5 Å². The van der Waals surface area contributed by atoms with Crippen molar-refractivity contribution in [2.45, 2.75) is 29.7 Å². The molecule has 1 heterocycles. The van der Waals surface area contributed by atoms with E-state index >= 15 is 0 Å². The van der Waals surface area contributed by atoms with Crippen molar-refractivity contribution in [1.82, 2.24) is 10.3 Å². The number of nitrogens with two attached hydrogens (primary N) is 2. The lowest BCUT2D eigenvalue weighted by atomic mass is 10.2. The Hall–Kier alpha value is -2.92. The average molecular weight is 518 g/mol. The molecule has 5 N–H and O–H groups in total. The van der Waals surface area contributed by atoms with Gasteiger partial charge in [0.05, 0.1) is 23.5 Å². The quantitative estimate of drug-likeness (QED) is 0.0737. The van der Waals surface area contributed by atoms with Gasteiger partial charge in [-0.2, -0.15) is 0 Å². The lowest BCUT2D eigenvalue weighted by molar-refractivity contribution is 0.128. The van der Waals surface area contributed by atoms with Crippen LogP contribution < -0.4 is 25.7 Å². The minimum absolute atomic E-state index is 0.456. The lowest BCUT2D eigenvalue weighted by Gasteiger charge is -2.10. The molecule has 0 saturated heterocycles. The molecule has 0 aliphatic heterocycles. The van der Waals surface area contributed by atoms with Gasteiger partial charge in [-0.25, -0.2) is 0 Å². The summed E-state index contributed by atoms with van der Waals surface area (Å²) in [6.07, 6.45) is 5.46. The normalized spacial score (nSPS) is 9.97. The molecule has 10 heteroatoms. The fourth-order valence-corrected chi connectivity index (χ4v) is 3.42. The molecule has 35 heavy (non-hydrogen) atoms. The van der Waals surface area contributed by atoms with E-state index in [1.807, 2.05) is 74.8 Å². The van der Waals surface area contributed by atoms with Crippen molar-refractivity contribution in [3.63, 3.8) is 0 Å². The van der Waals surface area contributed by atoms with Gasteiger partial charge in [-0.05, 0) is 62.5 Å². The largest absolute Gasteiger partial charge is 0.493 e. The van der Waals surface area contributed by atoms with Crippen molar-refractivity contribution in [1.29, 1.82) is 0 Å². The van der Waals surface area contributed by atoms with Crippen LogP contribution in [0.15, 0.2) is 81.9 Å². The van der Waals surface area contributed by atoms with Crippen molar-refractivity contribution < 1.29 is 13.8 Å². The van der Waals surface area contributed by atoms with E-state index in [9.17, 15) is 0 Å². The Balaban J connectivity index is 0.000000464. The summed E-state index contributed by atoms with van der Waals surface area (Å²) >= 11 is 5.69. The number of thiol groups is 1. The number of ether oxygens (including phenoxy) is 1. The Kier molecular flexibility index (Phi) is 16.7. The summed E-state index contributed by atoms with van der Waals surface area (Å²) in [6.45, 7) is 3.87. The van der Waals surface area contributed by atoms with Gasteiger partial charge in [0, 0.05) is 36.3 Å². The minimum Gasteiger partial charge on any atom is -0.493 e. The number of benzene rings is 2. The Labute approximate surface area is 218 Å². The predicted octanol–water partition coefficient (Wildman–Crippen LogP) is 4.43. The van der Waals surface area contributed by atoms with Gasteiger partial charge in [-0.15, -0.1) is 12.6 Å². The van der Waals surface area contributed by atoms with Crippen LogP contribution in [-0.2, 0) is 11.4 Å². The first-order chi connectivity index (χ1) is 17.1. The molecule has 0 aliphatic rings. The van der Waals surface area contributed by atoms with Crippen molar-refractivity contribution >= 4 is 31.0 Å². The third kappa shape index (κ3) is 13.5. The zero-order chi connectivity index (χ0) is 25.7. The van der Waals surface area contributed by atoms with Gasteiger partial charge in [0.25, 0.3) is 0 Å². The first kappa shape index (κ1) is 30.1. The summed E-state index contributed by atoms with van der Waals surface area (Å²) in [5.74, 6) is 1.49. The van der Waals surface area contributed by atoms with E-state index in [1.165, 1.54) is 24.7 Å². The molecule has 0 amide bonds. The molecule has 0 radical (unpaired) electrons. The second kappa shape index (κ2) is 19.4. The molecule has 2 aromatic carbocycles. The first-order valence-corrected chi connectivity index (χ1v) is 12.1. The van der Waals surface area contributed by atoms with E-state index in [4.69, 9.17) is 19.5 Å². The molecule has 8 nitrogen and oxygen atoms in total. The van der Waals surface area contributed by atoms with Crippen LogP contribution in [0.5, 0.6) is 11.5 Å². The number of pyridine rings is 1. The molecule has 0 saturated carbocycles. The number of rotatable bonds is 11. The molecule has 0 atom stereocenters. The average Bonchev–Trinajstić information content (AvgIpc) is 2.88. The summed E-state index contributed by atoms with van der Waals surface area (Å²) in [4.78, 5) is 10.7. The van der Waals surface area contributed by atoms with Crippen LogP contribution in [0.4, 0.5) is 0 Å². The molecule has 0 aliphatic carbocycles. The van der Waals surface area contributed by atoms with E-state index < -0.39 is 0 Å². The van der Waals surface area contributed by atoms with Crippen LogP contribution >= 0.6 is 24.7 Å². The second-order valence-electron chi connectivity index (χ2n) is 6.80. The highest BCUT2D eigenvalue weighted by Gasteiger charge is 2.05.